The molecular weight excluding hydrogens is 216 g/mol. The Hall–Kier alpha value is -1.30. The summed E-state index contributed by atoms with van der Waals surface area (Å²) in [4.78, 5) is 28.5. The van der Waals surface area contributed by atoms with Gasteiger partial charge in [0.15, 0.2) is 5.16 Å². The van der Waals surface area contributed by atoms with Crippen LogP contribution >= 0.6 is 11.8 Å². The number of aliphatic carboxylic acids is 1. The van der Waals surface area contributed by atoms with Crippen molar-refractivity contribution in [3.05, 3.63) is 21.6 Å². The van der Waals surface area contributed by atoms with Crippen LogP contribution in [0.15, 0.2) is 9.95 Å². The van der Waals surface area contributed by atoms with Gasteiger partial charge in [-0.25, -0.2) is 4.98 Å². The number of thioether (sulfide) groups is 1. The molecule has 1 heterocycles. The maximum atomic E-state index is 11.5. The smallest absolute Gasteiger partial charge is 0.313 e. The zero-order chi connectivity index (χ0) is 11.4. The molecule has 2 N–H and O–H groups in total. The average Bonchev–Trinajstić information content (AvgIpc) is 2.14. The predicted octanol–water partition coefficient (Wildman–Crippen LogP) is 0.817. The summed E-state index contributed by atoms with van der Waals surface area (Å²) in [6.45, 7) is 3.63. The third kappa shape index (κ3) is 3.09. The third-order valence-electron chi connectivity index (χ3n) is 1.89. The van der Waals surface area contributed by atoms with Crippen LogP contribution in [-0.2, 0) is 11.2 Å². The quantitative estimate of drug-likeness (QED) is 0.588. The standard InChI is InChI=1S/C9H12N2O3S/c1-3-6-5(2)10-9(11-8(6)14)15-4-7(12)13/h3-4H2,1-2H3,(H,12,13)(H,10,11,14). The fourth-order valence-electron chi connectivity index (χ4n) is 1.20. The van der Waals surface area contributed by atoms with Crippen molar-refractivity contribution in [3.63, 3.8) is 0 Å². The number of aromatic amines is 1. The van der Waals surface area contributed by atoms with Gasteiger partial charge < -0.3 is 10.1 Å². The third-order valence-corrected chi connectivity index (χ3v) is 2.74. The highest BCUT2D eigenvalue weighted by Gasteiger charge is 2.07. The lowest BCUT2D eigenvalue weighted by Crippen LogP contribution is -2.17. The molecule has 0 amide bonds. The minimum absolute atomic E-state index is 0.103. The number of carbonyl (C=O) groups is 1. The van der Waals surface area contributed by atoms with E-state index >= 15 is 0 Å². The molecule has 82 valence electrons. The molecule has 15 heavy (non-hydrogen) atoms. The summed E-state index contributed by atoms with van der Waals surface area (Å²) in [7, 11) is 0. The minimum atomic E-state index is -0.931. The summed E-state index contributed by atoms with van der Waals surface area (Å²) >= 11 is 1.01. The molecule has 0 aliphatic rings. The number of nitrogens with zero attached hydrogens (tertiary/aromatic N) is 1. The zero-order valence-corrected chi connectivity index (χ0v) is 9.35. The number of carboxylic acids is 1. The molecule has 1 aromatic rings. The van der Waals surface area contributed by atoms with Crippen LogP contribution in [0.25, 0.3) is 0 Å². The molecule has 5 nitrogen and oxygen atoms in total. The number of aromatic nitrogens is 2. The van der Waals surface area contributed by atoms with E-state index in [1.165, 1.54) is 0 Å². The highest BCUT2D eigenvalue weighted by atomic mass is 32.2. The summed E-state index contributed by atoms with van der Waals surface area (Å²) in [5.74, 6) is -1.03. The number of hydrogen-bond acceptors (Lipinski definition) is 4. The first-order chi connectivity index (χ1) is 7.04. The van der Waals surface area contributed by atoms with Crippen LogP contribution < -0.4 is 5.56 Å². The van der Waals surface area contributed by atoms with E-state index in [1.807, 2.05) is 6.92 Å². The Morgan fingerprint density at radius 3 is 2.73 bits per heavy atom. The fourth-order valence-corrected chi connectivity index (χ4v) is 1.83. The van der Waals surface area contributed by atoms with Gasteiger partial charge in [-0.05, 0) is 13.3 Å². The van der Waals surface area contributed by atoms with E-state index in [2.05, 4.69) is 9.97 Å². The molecule has 0 spiro atoms. The van der Waals surface area contributed by atoms with Gasteiger partial charge in [0.05, 0.1) is 5.75 Å². The Labute approximate surface area is 90.9 Å². The number of hydrogen-bond donors (Lipinski definition) is 2. The van der Waals surface area contributed by atoms with Gasteiger partial charge in [0.1, 0.15) is 0 Å². The molecule has 0 atom stereocenters. The highest BCUT2D eigenvalue weighted by Crippen LogP contribution is 2.12. The SMILES string of the molecule is CCc1c(C)nc(SCC(=O)O)[nH]c1=O. The largest absolute Gasteiger partial charge is 0.481 e. The molecule has 0 unspecified atom stereocenters. The van der Waals surface area contributed by atoms with Crippen LogP contribution in [-0.4, -0.2) is 26.8 Å². The van der Waals surface area contributed by atoms with Gasteiger partial charge in [0.2, 0.25) is 0 Å². The van der Waals surface area contributed by atoms with Crippen molar-refractivity contribution in [2.75, 3.05) is 5.75 Å². The maximum absolute atomic E-state index is 11.5. The number of aryl methyl sites for hydroxylation is 1. The Morgan fingerprint density at radius 2 is 2.27 bits per heavy atom. The van der Waals surface area contributed by atoms with Crippen molar-refractivity contribution >= 4 is 17.7 Å². The number of carboxylic acid groups (broad SMARTS) is 1. The molecule has 0 saturated heterocycles. The van der Waals surface area contributed by atoms with Crippen molar-refractivity contribution in [1.82, 2.24) is 9.97 Å². The lowest BCUT2D eigenvalue weighted by atomic mass is 10.2. The second kappa shape index (κ2) is 4.97. The molecule has 1 aromatic heterocycles. The van der Waals surface area contributed by atoms with E-state index in [9.17, 15) is 9.59 Å². The van der Waals surface area contributed by atoms with Crippen molar-refractivity contribution in [2.45, 2.75) is 25.4 Å². The minimum Gasteiger partial charge on any atom is -0.481 e. The molecule has 0 bridgehead atoms. The molecule has 0 radical (unpaired) electrons. The van der Waals surface area contributed by atoms with Crippen LogP contribution in [0.1, 0.15) is 18.2 Å². The zero-order valence-electron chi connectivity index (χ0n) is 8.53. The topological polar surface area (TPSA) is 83.0 Å². The van der Waals surface area contributed by atoms with Crippen LogP contribution in [0.3, 0.4) is 0 Å². The van der Waals surface area contributed by atoms with E-state index in [4.69, 9.17) is 5.11 Å². The first kappa shape index (κ1) is 11.8. The molecule has 0 aliphatic carbocycles. The average molecular weight is 228 g/mol. The molecule has 0 fully saturated rings. The second-order valence-electron chi connectivity index (χ2n) is 2.97. The first-order valence-corrected chi connectivity index (χ1v) is 5.47. The molecule has 1 rings (SSSR count). The summed E-state index contributed by atoms with van der Waals surface area (Å²) in [5.41, 5.74) is 1.13. The maximum Gasteiger partial charge on any atom is 0.313 e. The normalized spacial score (nSPS) is 10.3. The lowest BCUT2D eigenvalue weighted by Gasteiger charge is -2.03. The monoisotopic (exact) mass is 228 g/mol. The van der Waals surface area contributed by atoms with Gasteiger partial charge in [-0.3, -0.25) is 9.59 Å². The van der Waals surface area contributed by atoms with Gasteiger partial charge in [0.25, 0.3) is 5.56 Å². The van der Waals surface area contributed by atoms with Crippen LogP contribution in [0, 0.1) is 6.92 Å². The van der Waals surface area contributed by atoms with Gasteiger partial charge >= 0.3 is 5.97 Å². The number of nitrogens with one attached hydrogen (secondary N) is 1. The van der Waals surface area contributed by atoms with E-state index in [1.54, 1.807) is 6.92 Å². The van der Waals surface area contributed by atoms with Crippen molar-refractivity contribution in [3.8, 4) is 0 Å². The van der Waals surface area contributed by atoms with E-state index in [0.717, 1.165) is 11.8 Å². The van der Waals surface area contributed by atoms with Gasteiger partial charge in [-0.1, -0.05) is 18.7 Å². The Kier molecular flexibility index (Phi) is 3.90. The van der Waals surface area contributed by atoms with Gasteiger partial charge in [0, 0.05) is 11.3 Å². The molecule has 6 heteroatoms. The second-order valence-corrected chi connectivity index (χ2v) is 3.94. The summed E-state index contributed by atoms with van der Waals surface area (Å²) in [6, 6.07) is 0. The van der Waals surface area contributed by atoms with E-state index in [-0.39, 0.29) is 11.3 Å². The molecular formula is C9H12N2O3S. The number of H-pyrrole nitrogens is 1. The summed E-state index contributed by atoms with van der Waals surface area (Å²) in [6.07, 6.45) is 0.623. The van der Waals surface area contributed by atoms with Crippen molar-refractivity contribution in [2.24, 2.45) is 0 Å². The molecule has 0 saturated carbocycles. The number of rotatable bonds is 4. The first-order valence-electron chi connectivity index (χ1n) is 4.49. The Balaban J connectivity index is 2.94. The highest BCUT2D eigenvalue weighted by molar-refractivity contribution is 7.99. The molecule has 0 aromatic carbocycles. The van der Waals surface area contributed by atoms with Crippen molar-refractivity contribution in [1.29, 1.82) is 0 Å². The summed E-state index contributed by atoms with van der Waals surface area (Å²) < 4.78 is 0. The molecule has 0 aliphatic heterocycles. The Bertz CT molecular complexity index is 428. The lowest BCUT2D eigenvalue weighted by molar-refractivity contribution is -0.133. The predicted molar refractivity (Wildman–Crippen MR) is 57.3 cm³/mol. The van der Waals surface area contributed by atoms with Crippen molar-refractivity contribution < 1.29 is 9.90 Å². The van der Waals surface area contributed by atoms with Crippen LogP contribution in [0.4, 0.5) is 0 Å². The van der Waals surface area contributed by atoms with Crippen LogP contribution in [0.5, 0.6) is 0 Å². The van der Waals surface area contributed by atoms with Gasteiger partial charge in [-0.2, -0.15) is 0 Å². The van der Waals surface area contributed by atoms with E-state index < -0.39 is 5.97 Å². The van der Waals surface area contributed by atoms with E-state index in [0.29, 0.717) is 22.8 Å². The Morgan fingerprint density at radius 1 is 1.60 bits per heavy atom. The fraction of sp³-hybridized carbons (Fsp3) is 0.444. The van der Waals surface area contributed by atoms with Crippen LogP contribution in [0.2, 0.25) is 0 Å². The summed E-state index contributed by atoms with van der Waals surface area (Å²) in [5, 5.41) is 8.83. The van der Waals surface area contributed by atoms with Gasteiger partial charge in [-0.15, -0.1) is 0 Å².